The molecule has 0 radical (unpaired) electrons. The summed E-state index contributed by atoms with van der Waals surface area (Å²) in [5.41, 5.74) is 4.33. The number of methoxy groups -OCH3 is 1. The van der Waals surface area contributed by atoms with Crippen molar-refractivity contribution in [3.63, 3.8) is 0 Å². The topological polar surface area (TPSA) is 26.5 Å². The van der Waals surface area contributed by atoms with E-state index >= 15 is 0 Å². The van der Waals surface area contributed by atoms with Crippen molar-refractivity contribution < 1.29 is 4.74 Å². The first-order valence-electron chi connectivity index (χ1n) is 7.35. The van der Waals surface area contributed by atoms with Crippen LogP contribution in [0, 0.1) is 0 Å². The largest absolute Gasteiger partial charge is 0.493 e. The molecule has 0 N–H and O–H groups in total. The molecule has 0 saturated heterocycles. The van der Waals surface area contributed by atoms with Crippen LogP contribution in [0.1, 0.15) is 31.7 Å². The van der Waals surface area contributed by atoms with Gasteiger partial charge in [0.15, 0.2) is 11.4 Å². The lowest BCUT2D eigenvalue weighted by molar-refractivity contribution is 0.417. The van der Waals surface area contributed by atoms with Gasteiger partial charge >= 0.3 is 0 Å². The van der Waals surface area contributed by atoms with Crippen LogP contribution >= 0.6 is 0 Å². The Morgan fingerprint density at radius 3 is 2.62 bits per heavy atom. The molecule has 3 rings (SSSR count). The summed E-state index contributed by atoms with van der Waals surface area (Å²) in [5, 5.41) is 0. The molecule has 2 heterocycles. The van der Waals surface area contributed by atoms with Gasteiger partial charge in [0.2, 0.25) is 0 Å². The number of imidazole rings is 1. The number of hydrogen-bond donors (Lipinski definition) is 0. The maximum Gasteiger partial charge on any atom is 0.180 e. The van der Waals surface area contributed by atoms with E-state index in [1.54, 1.807) is 7.11 Å². The van der Waals surface area contributed by atoms with Crippen LogP contribution in [0.25, 0.3) is 16.9 Å². The average molecular weight is 280 g/mol. The van der Waals surface area contributed by atoms with Crippen LogP contribution in [-0.2, 0) is 0 Å². The number of fused-ring (bicyclic) bond motifs is 1. The van der Waals surface area contributed by atoms with Crippen molar-refractivity contribution in [2.24, 2.45) is 0 Å². The van der Waals surface area contributed by atoms with Crippen LogP contribution in [0.5, 0.6) is 5.75 Å². The van der Waals surface area contributed by atoms with E-state index in [-0.39, 0.29) is 0 Å². The Balaban J connectivity index is 2.00. The van der Waals surface area contributed by atoms with Crippen molar-refractivity contribution in [2.75, 3.05) is 7.11 Å². The lowest BCUT2D eigenvalue weighted by Crippen LogP contribution is -1.90. The molecule has 0 aliphatic carbocycles. The van der Waals surface area contributed by atoms with Gasteiger partial charge in [0.25, 0.3) is 0 Å². The molecule has 108 valence electrons. The second-order valence-electron chi connectivity index (χ2n) is 5.36. The summed E-state index contributed by atoms with van der Waals surface area (Å²) < 4.78 is 7.36. The highest BCUT2D eigenvalue weighted by Gasteiger charge is 2.09. The second kappa shape index (κ2) is 5.60. The van der Waals surface area contributed by atoms with Crippen molar-refractivity contribution in [2.45, 2.75) is 26.2 Å². The van der Waals surface area contributed by atoms with E-state index in [1.807, 2.05) is 28.9 Å². The molecule has 3 nitrogen and oxygen atoms in total. The Morgan fingerprint density at radius 1 is 1.19 bits per heavy atom. The summed E-state index contributed by atoms with van der Waals surface area (Å²) in [7, 11) is 1.67. The number of nitrogens with zero attached hydrogens (tertiary/aromatic N) is 2. The van der Waals surface area contributed by atoms with Gasteiger partial charge in [0, 0.05) is 18.0 Å². The summed E-state index contributed by atoms with van der Waals surface area (Å²) in [4.78, 5) is 4.69. The lowest BCUT2D eigenvalue weighted by atomic mass is 9.97. The lowest BCUT2D eigenvalue weighted by Gasteiger charge is -2.08. The van der Waals surface area contributed by atoms with Gasteiger partial charge in [-0.2, -0.15) is 0 Å². The number of ether oxygens (including phenoxy) is 1. The Kier molecular flexibility index (Phi) is 3.65. The highest BCUT2D eigenvalue weighted by atomic mass is 16.5. The summed E-state index contributed by atoms with van der Waals surface area (Å²) in [5.74, 6) is 1.39. The van der Waals surface area contributed by atoms with Crippen LogP contribution in [0.3, 0.4) is 0 Å². The first-order valence-corrected chi connectivity index (χ1v) is 7.35. The molecule has 1 aromatic carbocycles. The van der Waals surface area contributed by atoms with E-state index in [1.165, 1.54) is 5.56 Å². The minimum atomic E-state index is 0.597. The van der Waals surface area contributed by atoms with E-state index in [2.05, 4.69) is 43.1 Å². The SMILES string of the molecule is CCC(C)c1ccc(-c2cn3cccc(OC)c3n2)cc1. The molecule has 21 heavy (non-hydrogen) atoms. The molecule has 0 saturated carbocycles. The molecule has 3 heteroatoms. The van der Waals surface area contributed by atoms with Crippen molar-refractivity contribution >= 4 is 5.65 Å². The normalized spacial score (nSPS) is 12.5. The fourth-order valence-corrected chi connectivity index (χ4v) is 2.50. The molecule has 2 aromatic heterocycles. The van der Waals surface area contributed by atoms with Gasteiger partial charge in [-0.15, -0.1) is 0 Å². The van der Waals surface area contributed by atoms with Crippen molar-refractivity contribution in [1.82, 2.24) is 9.38 Å². The van der Waals surface area contributed by atoms with Gasteiger partial charge < -0.3 is 9.14 Å². The minimum absolute atomic E-state index is 0.597. The number of hydrogen-bond acceptors (Lipinski definition) is 2. The predicted octanol–water partition coefficient (Wildman–Crippen LogP) is 4.52. The molecule has 1 unspecified atom stereocenters. The fraction of sp³-hybridized carbons (Fsp3) is 0.278. The predicted molar refractivity (Wildman–Crippen MR) is 85.9 cm³/mol. The molecule has 0 aliphatic rings. The van der Waals surface area contributed by atoms with Crippen LogP contribution in [0.15, 0.2) is 48.8 Å². The third-order valence-electron chi connectivity index (χ3n) is 4.05. The van der Waals surface area contributed by atoms with Crippen LogP contribution in [-0.4, -0.2) is 16.5 Å². The molecule has 0 amide bonds. The third-order valence-corrected chi connectivity index (χ3v) is 4.05. The third kappa shape index (κ3) is 2.51. The van der Waals surface area contributed by atoms with E-state index < -0.39 is 0 Å². The van der Waals surface area contributed by atoms with Crippen LogP contribution < -0.4 is 4.74 Å². The van der Waals surface area contributed by atoms with E-state index in [0.717, 1.165) is 29.1 Å². The first kappa shape index (κ1) is 13.7. The maximum absolute atomic E-state index is 5.36. The van der Waals surface area contributed by atoms with Crippen molar-refractivity contribution in [3.05, 3.63) is 54.4 Å². The van der Waals surface area contributed by atoms with Gasteiger partial charge in [-0.25, -0.2) is 4.98 Å². The van der Waals surface area contributed by atoms with E-state index in [9.17, 15) is 0 Å². The average Bonchev–Trinajstić information content (AvgIpc) is 2.98. The standard InChI is InChI=1S/C18H20N2O/c1-4-13(2)14-7-9-15(10-8-14)16-12-20-11-5-6-17(21-3)18(20)19-16/h5-13H,4H2,1-3H3. The minimum Gasteiger partial charge on any atom is -0.493 e. The smallest absolute Gasteiger partial charge is 0.180 e. The second-order valence-corrected chi connectivity index (χ2v) is 5.36. The Bertz CT molecular complexity index is 744. The van der Waals surface area contributed by atoms with Crippen LogP contribution in [0.2, 0.25) is 0 Å². The Hall–Kier alpha value is -2.29. The van der Waals surface area contributed by atoms with Gasteiger partial charge in [-0.3, -0.25) is 0 Å². The van der Waals surface area contributed by atoms with Gasteiger partial charge in [0.1, 0.15) is 0 Å². The number of aromatic nitrogens is 2. The van der Waals surface area contributed by atoms with Gasteiger partial charge in [-0.05, 0) is 30.0 Å². The first-order chi connectivity index (χ1) is 10.2. The fourth-order valence-electron chi connectivity index (χ4n) is 2.50. The molecular formula is C18H20N2O. The van der Waals surface area contributed by atoms with Crippen LogP contribution in [0.4, 0.5) is 0 Å². The number of benzene rings is 1. The maximum atomic E-state index is 5.36. The summed E-state index contributed by atoms with van der Waals surface area (Å²) in [6.07, 6.45) is 5.18. The molecule has 0 bridgehead atoms. The monoisotopic (exact) mass is 280 g/mol. The zero-order chi connectivity index (χ0) is 14.8. The summed E-state index contributed by atoms with van der Waals surface area (Å²) in [6, 6.07) is 12.6. The number of rotatable bonds is 4. The highest BCUT2D eigenvalue weighted by molar-refractivity contribution is 5.66. The Labute approximate surface area is 125 Å². The van der Waals surface area contributed by atoms with Crippen molar-refractivity contribution in [3.8, 4) is 17.0 Å². The molecule has 3 aromatic rings. The molecule has 1 atom stereocenters. The number of pyridine rings is 1. The zero-order valence-corrected chi connectivity index (χ0v) is 12.7. The molecule has 0 spiro atoms. The van der Waals surface area contributed by atoms with Gasteiger partial charge in [0.05, 0.1) is 12.8 Å². The van der Waals surface area contributed by atoms with Crippen molar-refractivity contribution in [1.29, 1.82) is 0 Å². The summed E-state index contributed by atoms with van der Waals surface area (Å²) in [6.45, 7) is 4.47. The highest BCUT2D eigenvalue weighted by Crippen LogP contribution is 2.26. The molecule has 0 fully saturated rings. The summed E-state index contributed by atoms with van der Waals surface area (Å²) >= 11 is 0. The van der Waals surface area contributed by atoms with Gasteiger partial charge in [-0.1, -0.05) is 38.1 Å². The molecule has 0 aliphatic heterocycles. The zero-order valence-electron chi connectivity index (χ0n) is 12.7. The molecular weight excluding hydrogens is 260 g/mol. The Morgan fingerprint density at radius 2 is 1.95 bits per heavy atom. The quantitative estimate of drug-likeness (QED) is 0.702. The van der Waals surface area contributed by atoms with E-state index in [4.69, 9.17) is 4.74 Å². The van der Waals surface area contributed by atoms with E-state index in [0.29, 0.717) is 5.92 Å².